The molecule has 1 aromatic carbocycles. The Morgan fingerprint density at radius 3 is 2.68 bits per heavy atom. The number of nitrogens with zero attached hydrogens (tertiary/aromatic N) is 3. The number of imidazole rings is 1. The van der Waals surface area contributed by atoms with Crippen molar-refractivity contribution in [3.8, 4) is 0 Å². The van der Waals surface area contributed by atoms with Crippen LogP contribution in [-0.2, 0) is 13.1 Å². The molecule has 0 amide bonds. The van der Waals surface area contributed by atoms with Gasteiger partial charge in [-0.05, 0) is 36.2 Å². The number of aromatic nitrogens is 3. The van der Waals surface area contributed by atoms with Gasteiger partial charge in [0.05, 0.1) is 24.5 Å². The Balaban J connectivity index is 2.05. The number of pyridine rings is 1. The molecule has 0 saturated heterocycles. The topological polar surface area (TPSA) is 56.7 Å². The van der Waals surface area contributed by atoms with E-state index < -0.39 is 0 Å². The largest absolute Gasteiger partial charge is 0.324 e. The second-order valence-corrected chi connectivity index (χ2v) is 7.54. The van der Waals surface area contributed by atoms with Crippen LogP contribution in [0.1, 0.15) is 37.0 Å². The van der Waals surface area contributed by atoms with E-state index in [2.05, 4.69) is 29.5 Å². The molecule has 130 valence electrons. The number of hydrogen-bond acceptors (Lipinski definition) is 4. The molecule has 2 N–H and O–H groups in total. The highest BCUT2D eigenvalue weighted by molar-refractivity contribution is 7.99. The smallest absolute Gasteiger partial charge is 0.124 e. The van der Waals surface area contributed by atoms with Crippen molar-refractivity contribution in [1.29, 1.82) is 0 Å². The van der Waals surface area contributed by atoms with E-state index in [0.717, 1.165) is 32.2 Å². The van der Waals surface area contributed by atoms with Crippen LogP contribution in [0.25, 0.3) is 0 Å². The summed E-state index contributed by atoms with van der Waals surface area (Å²) in [5, 5.41) is 1.83. The summed E-state index contributed by atoms with van der Waals surface area (Å²) in [6.45, 7) is 5.34. The molecule has 0 aliphatic heterocycles. The average Bonchev–Trinajstić information content (AvgIpc) is 2.94. The summed E-state index contributed by atoms with van der Waals surface area (Å²) in [5.41, 5.74) is 8.01. The van der Waals surface area contributed by atoms with E-state index in [4.69, 9.17) is 22.3 Å². The fourth-order valence-corrected chi connectivity index (χ4v) is 4.08. The van der Waals surface area contributed by atoms with E-state index in [1.165, 1.54) is 0 Å². The average molecular weight is 373 g/mol. The van der Waals surface area contributed by atoms with Gasteiger partial charge in [-0.3, -0.25) is 4.98 Å². The lowest BCUT2D eigenvalue weighted by Crippen LogP contribution is -2.11. The van der Waals surface area contributed by atoms with Gasteiger partial charge in [0, 0.05) is 16.1 Å². The summed E-state index contributed by atoms with van der Waals surface area (Å²) in [6.07, 6.45) is 1.81. The molecule has 0 unspecified atom stereocenters. The van der Waals surface area contributed by atoms with E-state index in [1.807, 2.05) is 42.6 Å². The summed E-state index contributed by atoms with van der Waals surface area (Å²) in [6, 6.07) is 13.8. The van der Waals surface area contributed by atoms with Crippen molar-refractivity contribution in [3.05, 3.63) is 70.9 Å². The standard InChI is InChI=1S/C19H21ClN4S/c1-13(2)18-19(25-16-8-5-6-14(20)10-16)24(17(11-21)23-18)12-15-7-3-4-9-22-15/h3-10,13H,11-12,21H2,1-2H3. The molecule has 2 heterocycles. The third-order valence-corrected chi connectivity index (χ3v) is 5.16. The summed E-state index contributed by atoms with van der Waals surface area (Å²) in [7, 11) is 0. The Morgan fingerprint density at radius 1 is 1.20 bits per heavy atom. The predicted octanol–water partition coefficient (Wildman–Crippen LogP) is 4.71. The van der Waals surface area contributed by atoms with Gasteiger partial charge < -0.3 is 10.3 Å². The zero-order valence-electron chi connectivity index (χ0n) is 14.3. The van der Waals surface area contributed by atoms with E-state index >= 15 is 0 Å². The summed E-state index contributed by atoms with van der Waals surface area (Å²) >= 11 is 7.82. The van der Waals surface area contributed by atoms with Gasteiger partial charge in [-0.15, -0.1) is 0 Å². The molecule has 0 fully saturated rings. The van der Waals surface area contributed by atoms with Crippen molar-refractivity contribution in [2.75, 3.05) is 0 Å². The van der Waals surface area contributed by atoms with Gasteiger partial charge in [0.25, 0.3) is 0 Å². The van der Waals surface area contributed by atoms with Crippen LogP contribution in [0.3, 0.4) is 0 Å². The van der Waals surface area contributed by atoms with Gasteiger partial charge in [0.1, 0.15) is 10.9 Å². The zero-order valence-corrected chi connectivity index (χ0v) is 15.9. The van der Waals surface area contributed by atoms with Crippen LogP contribution in [0, 0.1) is 0 Å². The highest BCUT2D eigenvalue weighted by Gasteiger charge is 2.20. The van der Waals surface area contributed by atoms with E-state index in [0.29, 0.717) is 19.0 Å². The Kier molecular flexibility index (Phi) is 5.78. The second kappa shape index (κ2) is 8.04. The maximum atomic E-state index is 6.15. The Bertz CT molecular complexity index is 846. The van der Waals surface area contributed by atoms with Crippen LogP contribution < -0.4 is 5.73 Å². The maximum absolute atomic E-state index is 6.15. The van der Waals surface area contributed by atoms with Crippen molar-refractivity contribution in [3.63, 3.8) is 0 Å². The van der Waals surface area contributed by atoms with Crippen LogP contribution >= 0.6 is 23.4 Å². The first-order chi connectivity index (χ1) is 12.1. The number of nitrogens with two attached hydrogens (primary N) is 1. The first kappa shape index (κ1) is 18.0. The minimum absolute atomic E-state index is 0.303. The van der Waals surface area contributed by atoms with Crippen molar-refractivity contribution in [2.45, 2.75) is 42.8 Å². The van der Waals surface area contributed by atoms with Gasteiger partial charge in [0.15, 0.2) is 0 Å². The molecule has 25 heavy (non-hydrogen) atoms. The van der Waals surface area contributed by atoms with Crippen molar-refractivity contribution < 1.29 is 0 Å². The fourth-order valence-electron chi connectivity index (χ4n) is 2.60. The van der Waals surface area contributed by atoms with Crippen LogP contribution in [-0.4, -0.2) is 14.5 Å². The van der Waals surface area contributed by atoms with Gasteiger partial charge in [0.2, 0.25) is 0 Å². The van der Waals surface area contributed by atoms with Crippen LogP contribution in [0.4, 0.5) is 0 Å². The molecule has 0 radical (unpaired) electrons. The van der Waals surface area contributed by atoms with Crippen LogP contribution in [0.2, 0.25) is 5.02 Å². The van der Waals surface area contributed by atoms with Gasteiger partial charge in [-0.1, -0.05) is 49.3 Å². The SMILES string of the molecule is CC(C)c1nc(CN)n(Cc2ccccn2)c1Sc1cccc(Cl)c1. The van der Waals surface area contributed by atoms with Crippen molar-refractivity contribution in [2.24, 2.45) is 5.73 Å². The third-order valence-electron chi connectivity index (χ3n) is 3.81. The summed E-state index contributed by atoms with van der Waals surface area (Å²) in [4.78, 5) is 10.3. The molecule has 0 saturated carbocycles. The molecule has 2 aromatic heterocycles. The molecule has 0 bridgehead atoms. The predicted molar refractivity (Wildman–Crippen MR) is 103 cm³/mol. The first-order valence-electron chi connectivity index (χ1n) is 8.21. The van der Waals surface area contributed by atoms with Gasteiger partial charge in [-0.25, -0.2) is 4.98 Å². The molecule has 3 rings (SSSR count). The summed E-state index contributed by atoms with van der Waals surface area (Å²) in [5.74, 6) is 1.18. The Labute approximate surface area is 157 Å². The molecule has 6 heteroatoms. The maximum Gasteiger partial charge on any atom is 0.124 e. The molecule has 3 aromatic rings. The molecule has 0 atom stereocenters. The van der Waals surface area contributed by atoms with E-state index in [-0.39, 0.29) is 0 Å². The third kappa shape index (κ3) is 4.24. The zero-order chi connectivity index (χ0) is 17.8. The Hall–Kier alpha value is -1.82. The highest BCUT2D eigenvalue weighted by atomic mass is 35.5. The van der Waals surface area contributed by atoms with Crippen LogP contribution in [0.15, 0.2) is 58.6 Å². The quantitative estimate of drug-likeness (QED) is 0.680. The molecule has 0 aliphatic rings. The molecular weight excluding hydrogens is 352 g/mol. The minimum Gasteiger partial charge on any atom is -0.324 e. The van der Waals surface area contributed by atoms with Gasteiger partial charge >= 0.3 is 0 Å². The number of rotatable bonds is 6. The van der Waals surface area contributed by atoms with E-state index in [9.17, 15) is 0 Å². The van der Waals surface area contributed by atoms with Crippen molar-refractivity contribution >= 4 is 23.4 Å². The van der Waals surface area contributed by atoms with Crippen molar-refractivity contribution in [1.82, 2.24) is 14.5 Å². The number of halogens is 1. The fraction of sp³-hybridized carbons (Fsp3) is 0.263. The lowest BCUT2D eigenvalue weighted by atomic mass is 10.1. The lowest BCUT2D eigenvalue weighted by Gasteiger charge is -2.13. The minimum atomic E-state index is 0.303. The van der Waals surface area contributed by atoms with Gasteiger partial charge in [-0.2, -0.15) is 0 Å². The highest BCUT2D eigenvalue weighted by Crippen LogP contribution is 2.36. The monoisotopic (exact) mass is 372 g/mol. The second-order valence-electron chi connectivity index (χ2n) is 6.04. The molecule has 4 nitrogen and oxygen atoms in total. The van der Waals surface area contributed by atoms with E-state index in [1.54, 1.807) is 11.8 Å². The normalized spacial score (nSPS) is 11.2. The summed E-state index contributed by atoms with van der Waals surface area (Å²) < 4.78 is 2.17. The Morgan fingerprint density at radius 2 is 2.04 bits per heavy atom. The number of benzene rings is 1. The first-order valence-corrected chi connectivity index (χ1v) is 9.40. The molecular formula is C19H21ClN4S. The molecule has 0 aliphatic carbocycles. The molecule has 0 spiro atoms. The lowest BCUT2D eigenvalue weighted by molar-refractivity contribution is 0.657. The van der Waals surface area contributed by atoms with Crippen LogP contribution in [0.5, 0.6) is 0 Å². The number of hydrogen-bond donors (Lipinski definition) is 1.